The molecule has 0 radical (unpaired) electrons. The Balaban J connectivity index is 1.41. The molecule has 2 aliphatic rings. The highest BCUT2D eigenvalue weighted by atomic mass is 16.5. The van der Waals surface area contributed by atoms with Gasteiger partial charge >= 0.3 is 0 Å². The number of aliphatic hydroxyl groups excluding tert-OH is 1. The summed E-state index contributed by atoms with van der Waals surface area (Å²) in [6, 6.07) is 12.0. The molecule has 0 saturated carbocycles. The maximum Gasteiger partial charge on any atom is 0.274 e. The Bertz CT molecular complexity index is 796. The number of aliphatic hydroxyl groups is 1. The van der Waals surface area contributed by atoms with Crippen LogP contribution in [0.4, 0.5) is 0 Å². The van der Waals surface area contributed by atoms with Crippen LogP contribution < -0.4 is 0 Å². The minimum atomic E-state index is -0.371. The first-order chi connectivity index (χ1) is 13.6. The predicted molar refractivity (Wildman–Crippen MR) is 106 cm³/mol. The van der Waals surface area contributed by atoms with Crippen LogP contribution in [0.25, 0.3) is 0 Å². The van der Waals surface area contributed by atoms with E-state index in [1.165, 1.54) is 0 Å². The lowest BCUT2D eigenvalue weighted by atomic mass is 9.81. The van der Waals surface area contributed by atoms with Crippen LogP contribution in [-0.2, 0) is 11.2 Å². The Morgan fingerprint density at radius 3 is 2.79 bits per heavy atom. The van der Waals surface area contributed by atoms with Crippen molar-refractivity contribution in [3.8, 4) is 0 Å². The van der Waals surface area contributed by atoms with Gasteiger partial charge in [0.15, 0.2) is 0 Å². The monoisotopic (exact) mass is 383 g/mol. The largest absolute Gasteiger partial charge is 0.393 e. The highest BCUT2D eigenvalue weighted by Gasteiger charge is 2.44. The number of ether oxygens (including phenoxy) is 1. The molecule has 4 rings (SSSR count). The van der Waals surface area contributed by atoms with Crippen molar-refractivity contribution in [2.45, 2.75) is 63.3 Å². The van der Waals surface area contributed by atoms with Crippen LogP contribution >= 0.6 is 0 Å². The number of likely N-dealkylation sites (tertiary alicyclic amines) is 1. The molecule has 1 aromatic carbocycles. The van der Waals surface area contributed by atoms with E-state index in [2.05, 4.69) is 29.3 Å². The van der Waals surface area contributed by atoms with E-state index in [1.807, 2.05) is 29.2 Å². The first-order valence-corrected chi connectivity index (χ1v) is 10.3. The molecular formula is C22H29N3O3. The second kappa shape index (κ2) is 8.05. The van der Waals surface area contributed by atoms with Gasteiger partial charge in [0, 0.05) is 31.6 Å². The van der Waals surface area contributed by atoms with Crippen LogP contribution in [0.2, 0.25) is 0 Å². The van der Waals surface area contributed by atoms with Crippen molar-refractivity contribution in [1.82, 2.24) is 15.1 Å². The third-order valence-corrected chi connectivity index (χ3v) is 5.99. The lowest BCUT2D eigenvalue weighted by Gasteiger charge is -2.48. The van der Waals surface area contributed by atoms with Gasteiger partial charge in [0.1, 0.15) is 5.69 Å². The molecule has 2 N–H and O–H groups in total. The Kier molecular flexibility index (Phi) is 5.51. The van der Waals surface area contributed by atoms with Gasteiger partial charge in [0.25, 0.3) is 5.91 Å². The summed E-state index contributed by atoms with van der Waals surface area (Å²) in [6.07, 6.45) is 4.21. The second-order valence-electron chi connectivity index (χ2n) is 8.11. The smallest absolute Gasteiger partial charge is 0.274 e. The van der Waals surface area contributed by atoms with Crippen LogP contribution in [0.15, 0.2) is 36.4 Å². The summed E-state index contributed by atoms with van der Waals surface area (Å²) in [4.78, 5) is 14.7. The molecule has 28 heavy (non-hydrogen) atoms. The number of aromatic amines is 1. The van der Waals surface area contributed by atoms with E-state index in [0.29, 0.717) is 31.6 Å². The van der Waals surface area contributed by atoms with Gasteiger partial charge < -0.3 is 14.7 Å². The van der Waals surface area contributed by atoms with Crippen LogP contribution in [0.5, 0.6) is 0 Å². The van der Waals surface area contributed by atoms with Gasteiger partial charge in [0.2, 0.25) is 0 Å². The van der Waals surface area contributed by atoms with E-state index in [9.17, 15) is 9.90 Å². The summed E-state index contributed by atoms with van der Waals surface area (Å²) in [6.45, 7) is 3.36. The standard InChI is InChI=1S/C22H29N3O3/c1-2-6-17-13-19(24-23-17)21(27)25-11-9-22(10-12-25)15-18(26)14-20(28-22)16-7-4-3-5-8-16/h3-5,7-8,13,18,20,26H,2,6,9-12,14-15H2,1H3,(H,23,24)/t18-,20+/m0/s1. The summed E-state index contributed by atoms with van der Waals surface area (Å²) < 4.78 is 6.52. The lowest BCUT2D eigenvalue weighted by molar-refractivity contribution is -0.181. The number of nitrogens with zero attached hydrogens (tertiary/aromatic N) is 2. The average Bonchev–Trinajstić information content (AvgIpc) is 3.17. The van der Waals surface area contributed by atoms with Gasteiger partial charge in [-0.25, -0.2) is 0 Å². The Morgan fingerprint density at radius 1 is 1.32 bits per heavy atom. The topological polar surface area (TPSA) is 78.5 Å². The van der Waals surface area contributed by atoms with Crippen molar-refractivity contribution in [3.63, 3.8) is 0 Å². The van der Waals surface area contributed by atoms with E-state index in [0.717, 1.165) is 36.9 Å². The number of hydrogen-bond acceptors (Lipinski definition) is 4. The first-order valence-electron chi connectivity index (χ1n) is 10.3. The molecule has 0 unspecified atom stereocenters. The number of rotatable bonds is 4. The lowest BCUT2D eigenvalue weighted by Crippen LogP contribution is -2.52. The number of piperidine rings is 1. The van der Waals surface area contributed by atoms with Crippen molar-refractivity contribution in [3.05, 3.63) is 53.3 Å². The van der Waals surface area contributed by atoms with Gasteiger partial charge in [-0.3, -0.25) is 9.89 Å². The molecular weight excluding hydrogens is 354 g/mol. The maximum absolute atomic E-state index is 12.8. The van der Waals surface area contributed by atoms with Crippen LogP contribution in [-0.4, -0.2) is 50.9 Å². The van der Waals surface area contributed by atoms with Gasteiger partial charge in [-0.1, -0.05) is 43.7 Å². The third-order valence-electron chi connectivity index (χ3n) is 5.99. The number of hydrogen-bond donors (Lipinski definition) is 2. The molecule has 0 aliphatic carbocycles. The van der Waals surface area contributed by atoms with Gasteiger partial charge in [-0.15, -0.1) is 0 Å². The number of nitrogens with one attached hydrogen (secondary N) is 1. The Labute approximate surface area is 165 Å². The molecule has 2 atom stereocenters. The normalized spacial score (nSPS) is 24.4. The fourth-order valence-corrected chi connectivity index (χ4v) is 4.50. The van der Waals surface area contributed by atoms with Crippen LogP contribution in [0, 0.1) is 0 Å². The second-order valence-corrected chi connectivity index (χ2v) is 8.11. The molecule has 6 heteroatoms. The number of amides is 1. The zero-order valence-electron chi connectivity index (χ0n) is 16.4. The van der Waals surface area contributed by atoms with Gasteiger partial charge in [0.05, 0.1) is 17.8 Å². The fourth-order valence-electron chi connectivity index (χ4n) is 4.50. The van der Waals surface area contributed by atoms with Crippen LogP contribution in [0.3, 0.4) is 0 Å². The molecule has 1 aromatic heterocycles. The number of benzene rings is 1. The summed E-state index contributed by atoms with van der Waals surface area (Å²) in [5.74, 6) is -0.0237. The Hall–Kier alpha value is -2.18. The zero-order valence-corrected chi connectivity index (χ0v) is 16.4. The molecule has 2 saturated heterocycles. The van der Waals surface area contributed by atoms with Gasteiger partial charge in [-0.05, 0) is 30.9 Å². The van der Waals surface area contributed by atoms with E-state index >= 15 is 0 Å². The zero-order chi connectivity index (χ0) is 19.6. The number of carbonyl (C=O) groups excluding carboxylic acids is 1. The number of aryl methyl sites for hydroxylation is 1. The Morgan fingerprint density at radius 2 is 2.07 bits per heavy atom. The van der Waals surface area contributed by atoms with Crippen molar-refractivity contribution >= 4 is 5.91 Å². The van der Waals surface area contributed by atoms with Crippen molar-refractivity contribution in [2.75, 3.05) is 13.1 Å². The minimum absolute atomic E-state index is 0.0237. The number of H-pyrrole nitrogens is 1. The molecule has 6 nitrogen and oxygen atoms in total. The number of aromatic nitrogens is 2. The van der Waals surface area contributed by atoms with Crippen molar-refractivity contribution < 1.29 is 14.6 Å². The SMILES string of the molecule is CCCc1cc(C(=O)N2CCC3(CC2)C[C@@H](O)C[C@H](c2ccccc2)O3)n[nH]1. The molecule has 2 fully saturated rings. The number of carbonyl (C=O) groups is 1. The van der Waals surface area contributed by atoms with Crippen LogP contribution in [0.1, 0.15) is 66.9 Å². The average molecular weight is 383 g/mol. The molecule has 2 aliphatic heterocycles. The highest BCUT2D eigenvalue weighted by molar-refractivity contribution is 5.92. The highest BCUT2D eigenvalue weighted by Crippen LogP contribution is 2.43. The molecule has 0 bridgehead atoms. The maximum atomic E-state index is 12.8. The molecule has 1 amide bonds. The van der Waals surface area contributed by atoms with Gasteiger partial charge in [-0.2, -0.15) is 5.10 Å². The van der Waals surface area contributed by atoms with E-state index < -0.39 is 0 Å². The van der Waals surface area contributed by atoms with E-state index in [1.54, 1.807) is 0 Å². The first kappa shape index (κ1) is 19.2. The van der Waals surface area contributed by atoms with E-state index in [4.69, 9.17) is 4.74 Å². The quantitative estimate of drug-likeness (QED) is 0.850. The third kappa shape index (κ3) is 3.98. The summed E-state index contributed by atoms with van der Waals surface area (Å²) in [5.41, 5.74) is 2.25. The molecule has 3 heterocycles. The van der Waals surface area contributed by atoms with Crippen molar-refractivity contribution in [1.29, 1.82) is 0 Å². The molecule has 2 aromatic rings. The fraction of sp³-hybridized carbons (Fsp3) is 0.545. The summed E-state index contributed by atoms with van der Waals surface area (Å²) in [5, 5.41) is 17.6. The minimum Gasteiger partial charge on any atom is -0.393 e. The van der Waals surface area contributed by atoms with Crippen molar-refractivity contribution in [2.24, 2.45) is 0 Å². The summed E-state index contributed by atoms with van der Waals surface area (Å²) in [7, 11) is 0. The molecule has 1 spiro atoms. The summed E-state index contributed by atoms with van der Waals surface area (Å²) >= 11 is 0. The predicted octanol–water partition coefficient (Wildman–Crippen LogP) is 3.25. The molecule has 150 valence electrons. The van der Waals surface area contributed by atoms with E-state index in [-0.39, 0.29) is 23.7 Å².